The lowest BCUT2D eigenvalue weighted by Crippen LogP contribution is -2.28. The Morgan fingerprint density at radius 1 is 1.00 bits per heavy atom. The van der Waals surface area contributed by atoms with E-state index in [2.05, 4.69) is 47.4 Å². The summed E-state index contributed by atoms with van der Waals surface area (Å²) >= 11 is 1.32. The lowest BCUT2D eigenvalue weighted by Gasteiger charge is -2.19. The number of nitrogens with zero attached hydrogens (tertiary/aromatic N) is 1. The Morgan fingerprint density at radius 3 is 2.52 bits per heavy atom. The largest absolute Gasteiger partial charge is 0.481 e. The number of nitrogens with one attached hydrogen (secondary N) is 1. The monoisotopic (exact) mass is 432 g/mol. The van der Waals surface area contributed by atoms with E-state index >= 15 is 0 Å². The molecule has 0 unspecified atom stereocenters. The summed E-state index contributed by atoms with van der Waals surface area (Å²) in [6.45, 7) is 3.34. The van der Waals surface area contributed by atoms with Crippen molar-refractivity contribution in [3.05, 3.63) is 71.8 Å². The van der Waals surface area contributed by atoms with Crippen LogP contribution in [0.15, 0.2) is 65.8 Å². The number of H-pyrrole nitrogens is 1. The van der Waals surface area contributed by atoms with E-state index in [1.165, 1.54) is 28.1 Å². The third-order valence-corrected chi connectivity index (χ3v) is 6.40. The number of aromatic nitrogens is 2. The van der Waals surface area contributed by atoms with Gasteiger partial charge in [0.25, 0.3) is 0 Å². The minimum Gasteiger partial charge on any atom is -0.481 e. The first-order valence-electron chi connectivity index (χ1n) is 10.2. The number of carbonyl (C=O) groups is 2. The minimum absolute atomic E-state index is 0.101. The molecule has 3 aromatic carbocycles. The molecule has 0 amide bonds. The molecule has 0 saturated carbocycles. The number of thioether (sulfide) groups is 1. The van der Waals surface area contributed by atoms with E-state index in [-0.39, 0.29) is 18.0 Å². The molecular weight excluding hydrogens is 408 g/mol. The number of Topliss-reactive ketones (excluding diaryl/α,β-unsaturated/α-hetero) is 1. The van der Waals surface area contributed by atoms with Crippen LogP contribution in [-0.2, 0) is 16.0 Å². The van der Waals surface area contributed by atoms with Crippen LogP contribution in [-0.4, -0.2) is 32.6 Å². The van der Waals surface area contributed by atoms with E-state index < -0.39 is 11.4 Å². The standard InChI is InChI=1S/C25H24N2O3S/c1-25(2,14-22(29)30)21(28)15-31-24-26-20-12-6-10-18(23(20)27-24)13-17-9-5-8-16-7-3-4-11-19(16)17/h3-12H,13-15H2,1-2H3,(H,26,27)(H,29,30). The lowest BCUT2D eigenvalue weighted by molar-refractivity contribution is -0.142. The van der Waals surface area contributed by atoms with Crippen molar-refractivity contribution in [1.82, 2.24) is 9.97 Å². The third kappa shape index (κ3) is 4.64. The van der Waals surface area contributed by atoms with Crippen molar-refractivity contribution in [2.24, 2.45) is 5.41 Å². The molecule has 1 aromatic heterocycles. The van der Waals surface area contributed by atoms with Crippen LogP contribution in [0.2, 0.25) is 0 Å². The molecular formula is C25H24N2O3S. The average molecular weight is 433 g/mol. The van der Waals surface area contributed by atoms with Gasteiger partial charge in [0.1, 0.15) is 5.78 Å². The molecule has 1 heterocycles. The van der Waals surface area contributed by atoms with Crippen molar-refractivity contribution < 1.29 is 14.7 Å². The molecule has 0 spiro atoms. The zero-order chi connectivity index (χ0) is 22.0. The molecule has 0 aliphatic heterocycles. The normalized spacial score (nSPS) is 11.8. The van der Waals surface area contributed by atoms with E-state index in [4.69, 9.17) is 10.1 Å². The van der Waals surface area contributed by atoms with E-state index in [1.54, 1.807) is 13.8 Å². The number of hydrogen-bond acceptors (Lipinski definition) is 4. The molecule has 6 heteroatoms. The molecule has 0 aliphatic rings. The van der Waals surface area contributed by atoms with E-state index in [0.717, 1.165) is 23.0 Å². The number of benzene rings is 3. The Bertz CT molecular complexity index is 1270. The number of ketones is 1. The second-order valence-corrected chi connectivity index (χ2v) is 9.30. The van der Waals surface area contributed by atoms with Gasteiger partial charge in [-0.2, -0.15) is 0 Å². The van der Waals surface area contributed by atoms with Gasteiger partial charge in [0.05, 0.1) is 23.2 Å². The topological polar surface area (TPSA) is 83.0 Å². The number of rotatable bonds is 8. The summed E-state index contributed by atoms with van der Waals surface area (Å²) in [6.07, 6.45) is 0.583. The number of imidazole rings is 1. The average Bonchev–Trinajstić information content (AvgIpc) is 3.15. The van der Waals surface area contributed by atoms with Crippen LogP contribution in [0.5, 0.6) is 0 Å². The van der Waals surface area contributed by atoms with Gasteiger partial charge in [-0.15, -0.1) is 0 Å². The van der Waals surface area contributed by atoms with Gasteiger partial charge in [0.15, 0.2) is 5.16 Å². The summed E-state index contributed by atoms with van der Waals surface area (Å²) < 4.78 is 0. The highest BCUT2D eigenvalue weighted by Crippen LogP contribution is 2.29. The molecule has 0 fully saturated rings. The van der Waals surface area contributed by atoms with E-state index in [0.29, 0.717) is 5.16 Å². The molecule has 0 radical (unpaired) electrons. The summed E-state index contributed by atoms with van der Waals surface area (Å²) in [4.78, 5) is 31.5. The summed E-state index contributed by atoms with van der Waals surface area (Å²) in [5.41, 5.74) is 3.29. The fraction of sp³-hybridized carbons (Fsp3) is 0.240. The van der Waals surface area contributed by atoms with Crippen LogP contribution in [0.4, 0.5) is 0 Å². The SMILES string of the molecule is CC(C)(CC(=O)O)C(=O)CSc1nc2c(Cc3cccc4ccccc34)cccc2[nH]1. The second-order valence-electron chi connectivity index (χ2n) is 8.34. The smallest absolute Gasteiger partial charge is 0.304 e. The maximum absolute atomic E-state index is 12.5. The molecule has 0 saturated heterocycles. The van der Waals surface area contributed by atoms with Crippen molar-refractivity contribution in [1.29, 1.82) is 0 Å². The van der Waals surface area contributed by atoms with Crippen molar-refractivity contribution in [3.63, 3.8) is 0 Å². The number of hydrogen-bond donors (Lipinski definition) is 2. The predicted octanol–water partition coefficient (Wildman–Crippen LogP) is 5.47. The summed E-state index contributed by atoms with van der Waals surface area (Å²) in [5.74, 6) is -0.889. The maximum atomic E-state index is 12.5. The van der Waals surface area contributed by atoms with Crippen molar-refractivity contribution in [2.45, 2.75) is 31.8 Å². The summed E-state index contributed by atoms with van der Waals surface area (Å²) in [6, 6.07) is 20.8. The highest BCUT2D eigenvalue weighted by Gasteiger charge is 2.30. The van der Waals surface area contributed by atoms with Crippen LogP contribution in [0.3, 0.4) is 0 Å². The zero-order valence-corrected chi connectivity index (χ0v) is 18.3. The third-order valence-electron chi connectivity index (χ3n) is 5.52. The first kappa shape index (κ1) is 21.1. The molecule has 2 N–H and O–H groups in total. The number of aliphatic carboxylic acids is 1. The second kappa shape index (κ2) is 8.55. The minimum atomic E-state index is -0.967. The van der Waals surface area contributed by atoms with Crippen LogP contribution in [0.25, 0.3) is 21.8 Å². The Kier molecular flexibility index (Phi) is 5.83. The molecule has 0 bridgehead atoms. The number of para-hydroxylation sites is 1. The number of fused-ring (bicyclic) bond motifs is 2. The molecule has 5 nitrogen and oxygen atoms in total. The summed E-state index contributed by atoms with van der Waals surface area (Å²) in [5, 5.41) is 12.1. The molecule has 0 atom stereocenters. The Hall–Kier alpha value is -3.12. The van der Waals surface area contributed by atoms with Crippen molar-refractivity contribution >= 4 is 45.3 Å². The van der Waals surface area contributed by atoms with Crippen LogP contribution in [0.1, 0.15) is 31.4 Å². The van der Waals surface area contributed by atoms with E-state index in [9.17, 15) is 9.59 Å². The van der Waals surface area contributed by atoms with Crippen LogP contribution >= 0.6 is 11.8 Å². The first-order valence-corrected chi connectivity index (χ1v) is 11.1. The Morgan fingerprint density at radius 2 is 1.71 bits per heavy atom. The van der Waals surface area contributed by atoms with Gasteiger partial charge in [-0.1, -0.05) is 80.2 Å². The van der Waals surface area contributed by atoms with Gasteiger partial charge in [-0.05, 0) is 28.0 Å². The van der Waals surface area contributed by atoms with Crippen molar-refractivity contribution in [3.8, 4) is 0 Å². The van der Waals surface area contributed by atoms with Gasteiger partial charge in [-0.25, -0.2) is 4.98 Å². The molecule has 4 aromatic rings. The van der Waals surface area contributed by atoms with E-state index in [1.807, 2.05) is 18.2 Å². The van der Waals surface area contributed by atoms with Crippen molar-refractivity contribution in [2.75, 3.05) is 5.75 Å². The van der Waals surface area contributed by atoms with Gasteiger partial charge < -0.3 is 10.1 Å². The first-order chi connectivity index (χ1) is 14.8. The number of carbonyl (C=O) groups excluding carboxylic acids is 1. The summed E-state index contributed by atoms with van der Waals surface area (Å²) in [7, 11) is 0. The quantitative estimate of drug-likeness (QED) is 0.361. The molecule has 4 rings (SSSR count). The zero-order valence-electron chi connectivity index (χ0n) is 17.5. The molecule has 158 valence electrons. The molecule has 0 aliphatic carbocycles. The number of carboxylic acids is 1. The van der Waals surface area contributed by atoms with Gasteiger partial charge >= 0.3 is 5.97 Å². The van der Waals surface area contributed by atoms with Gasteiger partial charge in [0, 0.05) is 11.8 Å². The number of carboxylic acid groups (broad SMARTS) is 1. The van der Waals surface area contributed by atoms with Crippen LogP contribution < -0.4 is 0 Å². The fourth-order valence-corrected chi connectivity index (χ4v) is 4.73. The highest BCUT2D eigenvalue weighted by molar-refractivity contribution is 7.99. The van der Waals surface area contributed by atoms with Gasteiger partial charge in [0.2, 0.25) is 0 Å². The lowest BCUT2D eigenvalue weighted by atomic mass is 9.85. The number of aromatic amines is 1. The predicted molar refractivity (Wildman–Crippen MR) is 125 cm³/mol. The maximum Gasteiger partial charge on any atom is 0.304 e. The Balaban J connectivity index is 1.56. The Labute approximate surface area is 184 Å². The molecule has 31 heavy (non-hydrogen) atoms. The van der Waals surface area contributed by atoms with Gasteiger partial charge in [-0.3, -0.25) is 9.59 Å². The highest BCUT2D eigenvalue weighted by atomic mass is 32.2. The van der Waals surface area contributed by atoms with Crippen LogP contribution in [0, 0.1) is 5.41 Å². The fourth-order valence-electron chi connectivity index (χ4n) is 3.74.